The van der Waals surface area contributed by atoms with Crippen LogP contribution < -0.4 is 0 Å². The van der Waals surface area contributed by atoms with Crippen LogP contribution in [0.3, 0.4) is 0 Å². The van der Waals surface area contributed by atoms with E-state index >= 15 is 0 Å². The van der Waals surface area contributed by atoms with Gasteiger partial charge >= 0.3 is 0 Å². The maximum atomic E-state index is 2.66. The molecule has 0 radical (unpaired) electrons. The molecule has 0 heteroatoms. The van der Waals surface area contributed by atoms with Crippen molar-refractivity contribution in [2.24, 2.45) is 47.3 Å². The molecule has 0 aromatic carbocycles. The minimum Gasteiger partial charge on any atom is -0.0882 e. The second-order valence-electron chi connectivity index (χ2n) is 10.2. The van der Waals surface area contributed by atoms with E-state index in [-0.39, 0.29) is 0 Å². The highest BCUT2D eigenvalue weighted by Crippen LogP contribution is 2.59. The molecule has 134 valence electrons. The van der Waals surface area contributed by atoms with Gasteiger partial charge < -0.3 is 0 Å². The number of hydrogen-bond acceptors (Lipinski definition) is 0. The molecule has 4 saturated carbocycles. The van der Waals surface area contributed by atoms with Gasteiger partial charge in [0, 0.05) is 0 Å². The molecule has 0 amide bonds. The predicted molar refractivity (Wildman–Crippen MR) is 102 cm³/mol. The lowest BCUT2D eigenvalue weighted by Gasteiger charge is -2.52. The molecule has 0 nitrogen and oxygen atoms in total. The first-order chi connectivity index (χ1) is 11.9. The lowest BCUT2D eigenvalue weighted by atomic mass is 9.53. The van der Waals surface area contributed by atoms with Gasteiger partial charge in [-0.2, -0.15) is 0 Å². The average molecular weight is 327 g/mol. The third-order valence-corrected chi connectivity index (χ3v) is 9.24. The molecule has 0 aromatic rings. The Morgan fingerprint density at radius 2 is 1.25 bits per heavy atom. The Morgan fingerprint density at radius 1 is 0.542 bits per heavy atom. The van der Waals surface area contributed by atoms with E-state index in [1.165, 1.54) is 19.3 Å². The van der Waals surface area contributed by atoms with Crippen LogP contribution in [0.5, 0.6) is 0 Å². The van der Waals surface area contributed by atoms with Crippen molar-refractivity contribution in [1.29, 1.82) is 0 Å². The van der Waals surface area contributed by atoms with Crippen LogP contribution in [-0.4, -0.2) is 0 Å². The molecule has 0 saturated heterocycles. The van der Waals surface area contributed by atoms with E-state index in [1.807, 2.05) is 0 Å². The molecular weight excluding hydrogens is 288 g/mol. The van der Waals surface area contributed by atoms with Gasteiger partial charge in [-0.1, -0.05) is 44.3 Å². The van der Waals surface area contributed by atoms with Crippen molar-refractivity contribution in [3.8, 4) is 0 Å². The van der Waals surface area contributed by atoms with Crippen LogP contribution in [0.25, 0.3) is 0 Å². The fraction of sp³-hybridized carbons (Fsp3) is 0.917. The first-order valence-corrected chi connectivity index (χ1v) is 11.6. The highest BCUT2D eigenvalue weighted by molar-refractivity contribution is 5.03. The Hall–Kier alpha value is -0.260. The first-order valence-electron chi connectivity index (χ1n) is 11.6. The summed E-state index contributed by atoms with van der Waals surface area (Å²) in [7, 11) is 0. The zero-order valence-electron chi connectivity index (χ0n) is 15.7. The Morgan fingerprint density at radius 3 is 2.17 bits per heavy atom. The zero-order chi connectivity index (χ0) is 15.9. The molecule has 0 bridgehead atoms. The second kappa shape index (κ2) is 6.81. The second-order valence-corrected chi connectivity index (χ2v) is 10.2. The summed E-state index contributed by atoms with van der Waals surface area (Å²) >= 11 is 0. The van der Waals surface area contributed by atoms with E-state index in [1.54, 1.807) is 70.6 Å². The lowest BCUT2D eigenvalue weighted by Crippen LogP contribution is -2.45. The highest BCUT2D eigenvalue weighted by atomic mass is 14.5. The maximum absolute atomic E-state index is 2.66. The number of hydrogen-bond donors (Lipinski definition) is 0. The van der Waals surface area contributed by atoms with Gasteiger partial charge in [-0.15, -0.1) is 0 Å². The largest absolute Gasteiger partial charge is 0.0882 e. The van der Waals surface area contributed by atoms with Crippen molar-refractivity contribution in [3.63, 3.8) is 0 Å². The fourth-order valence-corrected chi connectivity index (χ4v) is 8.32. The van der Waals surface area contributed by atoms with Gasteiger partial charge in [0.05, 0.1) is 0 Å². The summed E-state index contributed by atoms with van der Waals surface area (Å²) in [5, 5.41) is 0. The van der Waals surface area contributed by atoms with Crippen LogP contribution >= 0.6 is 0 Å². The van der Waals surface area contributed by atoms with E-state index in [2.05, 4.69) is 12.2 Å². The minimum atomic E-state index is 0.954. The van der Waals surface area contributed by atoms with Gasteiger partial charge in [0.15, 0.2) is 0 Å². The van der Waals surface area contributed by atoms with Crippen LogP contribution in [0.1, 0.15) is 89.9 Å². The van der Waals surface area contributed by atoms with Gasteiger partial charge in [-0.3, -0.25) is 0 Å². The molecule has 0 heterocycles. The number of allylic oxidation sites excluding steroid dienone is 2. The van der Waals surface area contributed by atoms with Crippen LogP contribution in [0.4, 0.5) is 0 Å². The van der Waals surface area contributed by atoms with Gasteiger partial charge in [0.2, 0.25) is 0 Å². The molecule has 0 N–H and O–H groups in total. The third kappa shape index (κ3) is 2.80. The molecule has 5 rings (SSSR count). The summed E-state index contributed by atoms with van der Waals surface area (Å²) in [6, 6.07) is 0. The molecule has 0 aromatic heterocycles. The summed E-state index contributed by atoms with van der Waals surface area (Å²) in [5.41, 5.74) is 0. The molecule has 8 atom stereocenters. The molecule has 8 unspecified atom stereocenters. The van der Waals surface area contributed by atoms with Crippen molar-refractivity contribution in [1.82, 2.24) is 0 Å². The summed E-state index contributed by atoms with van der Waals surface area (Å²) in [4.78, 5) is 0. The van der Waals surface area contributed by atoms with E-state index in [0.717, 1.165) is 47.3 Å². The highest BCUT2D eigenvalue weighted by Gasteiger charge is 2.50. The monoisotopic (exact) mass is 326 g/mol. The van der Waals surface area contributed by atoms with Crippen LogP contribution in [0.2, 0.25) is 0 Å². The van der Waals surface area contributed by atoms with Crippen molar-refractivity contribution in [2.45, 2.75) is 89.9 Å². The molecule has 0 spiro atoms. The van der Waals surface area contributed by atoms with Crippen molar-refractivity contribution >= 4 is 0 Å². The molecule has 5 aliphatic rings. The minimum absolute atomic E-state index is 0.954. The standard InChI is InChI=1S/C24H38/c1-2-7-17-13-14-21(15-18(17)8-3-1)24-22-11-5-4-9-19(22)16-20-10-6-12-23(20)24/h3,8,17-24H,1-2,4-7,9-16H2. The quantitative estimate of drug-likeness (QED) is 0.455. The van der Waals surface area contributed by atoms with Crippen molar-refractivity contribution < 1.29 is 0 Å². The Bertz CT molecular complexity index is 463. The SMILES string of the molecule is C1=CC2CC(C3C4CCCCC4CC4CCCC43)CCC2CCC1. The smallest absolute Gasteiger partial charge is 0.0202 e. The zero-order valence-corrected chi connectivity index (χ0v) is 15.7. The third-order valence-electron chi connectivity index (χ3n) is 9.24. The fourth-order valence-electron chi connectivity index (χ4n) is 8.32. The average Bonchev–Trinajstić information content (AvgIpc) is 2.95. The topological polar surface area (TPSA) is 0 Å². The van der Waals surface area contributed by atoms with E-state index in [9.17, 15) is 0 Å². The van der Waals surface area contributed by atoms with Gasteiger partial charge in [-0.25, -0.2) is 0 Å². The van der Waals surface area contributed by atoms with E-state index in [0.29, 0.717) is 0 Å². The summed E-state index contributed by atoms with van der Waals surface area (Å²) in [6.07, 6.45) is 26.9. The van der Waals surface area contributed by atoms with Crippen molar-refractivity contribution in [2.75, 3.05) is 0 Å². The van der Waals surface area contributed by atoms with Crippen molar-refractivity contribution in [3.05, 3.63) is 12.2 Å². The summed E-state index contributed by atoms with van der Waals surface area (Å²) < 4.78 is 0. The van der Waals surface area contributed by atoms with Gasteiger partial charge in [0.25, 0.3) is 0 Å². The lowest BCUT2D eigenvalue weighted by molar-refractivity contribution is -0.0286. The van der Waals surface area contributed by atoms with Gasteiger partial charge in [-0.05, 0) is 105 Å². The summed E-state index contributed by atoms with van der Waals surface area (Å²) in [6.45, 7) is 0. The molecule has 5 aliphatic carbocycles. The molecule has 0 aliphatic heterocycles. The normalized spacial score (nSPS) is 51.3. The molecule has 4 fully saturated rings. The Kier molecular flexibility index (Phi) is 4.52. The number of rotatable bonds is 1. The van der Waals surface area contributed by atoms with Gasteiger partial charge in [0.1, 0.15) is 0 Å². The Balaban J connectivity index is 1.38. The predicted octanol–water partition coefficient (Wildman–Crippen LogP) is 7.00. The molecular formula is C24H38. The van der Waals surface area contributed by atoms with Crippen LogP contribution in [-0.2, 0) is 0 Å². The first kappa shape index (κ1) is 16.0. The van der Waals surface area contributed by atoms with Crippen LogP contribution in [0.15, 0.2) is 12.2 Å². The maximum Gasteiger partial charge on any atom is -0.0202 e. The summed E-state index contributed by atoms with van der Waals surface area (Å²) in [5.74, 6) is 8.76. The van der Waals surface area contributed by atoms with E-state index in [4.69, 9.17) is 0 Å². The van der Waals surface area contributed by atoms with E-state index < -0.39 is 0 Å². The van der Waals surface area contributed by atoms with Crippen LogP contribution in [0, 0.1) is 47.3 Å². The molecule has 24 heavy (non-hydrogen) atoms. The Labute approximate surface area is 149 Å². The number of fused-ring (bicyclic) bond motifs is 3.